The van der Waals surface area contributed by atoms with Crippen LogP contribution in [0.4, 0.5) is 5.69 Å². The number of amides is 1. The highest BCUT2D eigenvalue weighted by Gasteiger charge is 2.25. The van der Waals surface area contributed by atoms with Gasteiger partial charge in [-0.05, 0) is 55.6 Å². The molecule has 4 N–H and O–H groups in total. The van der Waals surface area contributed by atoms with Crippen molar-refractivity contribution in [1.29, 1.82) is 0 Å². The summed E-state index contributed by atoms with van der Waals surface area (Å²) in [6.45, 7) is 0.557. The topological polar surface area (TPSA) is 101 Å². The van der Waals surface area contributed by atoms with Gasteiger partial charge in [-0.2, -0.15) is 0 Å². The molecule has 1 fully saturated rings. The van der Waals surface area contributed by atoms with Crippen LogP contribution in [-0.2, 0) is 10.0 Å². The Hall–Kier alpha value is -2.38. The Morgan fingerprint density at radius 1 is 1.04 bits per heavy atom. The third-order valence-corrected chi connectivity index (χ3v) is 6.36. The average Bonchev–Trinajstić information content (AvgIpc) is 2.69. The van der Waals surface area contributed by atoms with E-state index < -0.39 is 10.0 Å². The van der Waals surface area contributed by atoms with E-state index in [1.165, 1.54) is 12.1 Å². The molecule has 0 aromatic heterocycles. The Morgan fingerprint density at radius 2 is 1.78 bits per heavy atom. The van der Waals surface area contributed by atoms with Gasteiger partial charge < -0.3 is 11.1 Å². The second kappa shape index (κ2) is 8.54. The first-order chi connectivity index (χ1) is 13.0. The van der Waals surface area contributed by atoms with Gasteiger partial charge >= 0.3 is 0 Å². The summed E-state index contributed by atoms with van der Waals surface area (Å²) < 4.78 is 27.4. The van der Waals surface area contributed by atoms with Gasteiger partial charge in [0.05, 0.1) is 4.90 Å². The van der Waals surface area contributed by atoms with Crippen LogP contribution >= 0.6 is 0 Å². The van der Waals surface area contributed by atoms with E-state index in [0.29, 0.717) is 23.7 Å². The average molecular weight is 388 g/mol. The van der Waals surface area contributed by atoms with E-state index in [1.54, 1.807) is 42.5 Å². The fraction of sp³-hybridized carbons (Fsp3) is 0.350. The van der Waals surface area contributed by atoms with Crippen molar-refractivity contribution in [1.82, 2.24) is 5.32 Å². The van der Waals surface area contributed by atoms with Gasteiger partial charge in [0.25, 0.3) is 15.9 Å². The lowest BCUT2D eigenvalue weighted by molar-refractivity contribution is 0.0908. The third kappa shape index (κ3) is 4.87. The normalized spacial score (nSPS) is 20.0. The molecular formula is C20H25N3O3S. The fourth-order valence-electron chi connectivity index (χ4n) is 3.47. The number of benzene rings is 2. The molecule has 144 valence electrons. The molecule has 0 spiro atoms. The Balaban J connectivity index is 1.72. The van der Waals surface area contributed by atoms with E-state index in [-0.39, 0.29) is 16.8 Å². The van der Waals surface area contributed by atoms with Gasteiger partial charge in [0.15, 0.2) is 0 Å². The van der Waals surface area contributed by atoms with E-state index >= 15 is 0 Å². The van der Waals surface area contributed by atoms with Gasteiger partial charge in [-0.1, -0.05) is 37.1 Å². The molecule has 2 unspecified atom stereocenters. The molecule has 0 aliphatic heterocycles. The maximum absolute atomic E-state index is 12.6. The second-order valence-corrected chi connectivity index (χ2v) is 8.54. The number of carbonyl (C=O) groups is 1. The predicted molar refractivity (Wildman–Crippen MR) is 106 cm³/mol. The molecule has 3 rings (SSSR count). The van der Waals surface area contributed by atoms with Crippen LogP contribution in [0.5, 0.6) is 0 Å². The number of sulfonamides is 1. The van der Waals surface area contributed by atoms with Gasteiger partial charge in [0.1, 0.15) is 0 Å². The van der Waals surface area contributed by atoms with Crippen LogP contribution in [-0.4, -0.2) is 26.9 Å². The van der Waals surface area contributed by atoms with Crippen molar-refractivity contribution in [3.05, 3.63) is 60.2 Å². The Bertz CT molecular complexity index is 884. The smallest absolute Gasteiger partial charge is 0.261 e. The van der Waals surface area contributed by atoms with Crippen LogP contribution in [0.3, 0.4) is 0 Å². The standard InChI is InChI=1S/C20H25N3O3S/c21-14-16-7-4-5-12-19(16)22-20(24)15-8-6-9-17(13-15)23-27(25,26)18-10-2-1-3-11-18/h1-3,6,8-11,13,16,19,23H,4-5,7,12,14,21H2,(H,22,24). The monoisotopic (exact) mass is 387 g/mol. The van der Waals surface area contributed by atoms with Crippen molar-refractivity contribution in [2.24, 2.45) is 11.7 Å². The van der Waals surface area contributed by atoms with Crippen LogP contribution in [0.15, 0.2) is 59.5 Å². The van der Waals surface area contributed by atoms with Crippen molar-refractivity contribution in [3.8, 4) is 0 Å². The molecule has 2 aromatic rings. The molecule has 1 aliphatic carbocycles. The summed E-state index contributed by atoms with van der Waals surface area (Å²) in [4.78, 5) is 12.8. The molecule has 2 atom stereocenters. The highest BCUT2D eigenvalue weighted by molar-refractivity contribution is 7.92. The van der Waals surface area contributed by atoms with E-state index in [2.05, 4.69) is 10.0 Å². The lowest BCUT2D eigenvalue weighted by Gasteiger charge is -2.31. The molecule has 27 heavy (non-hydrogen) atoms. The summed E-state index contributed by atoms with van der Waals surface area (Å²) in [6.07, 6.45) is 4.18. The minimum atomic E-state index is -3.69. The molecule has 1 aliphatic rings. The molecule has 7 heteroatoms. The largest absolute Gasteiger partial charge is 0.349 e. The highest BCUT2D eigenvalue weighted by atomic mass is 32.2. The third-order valence-electron chi connectivity index (χ3n) is 4.96. The van der Waals surface area contributed by atoms with E-state index in [9.17, 15) is 13.2 Å². The first kappa shape index (κ1) is 19.4. The van der Waals surface area contributed by atoms with Crippen LogP contribution in [0, 0.1) is 5.92 Å². The van der Waals surface area contributed by atoms with Crippen molar-refractivity contribution < 1.29 is 13.2 Å². The van der Waals surface area contributed by atoms with Gasteiger partial charge in [-0.15, -0.1) is 0 Å². The van der Waals surface area contributed by atoms with Crippen LogP contribution < -0.4 is 15.8 Å². The zero-order chi connectivity index (χ0) is 19.3. The van der Waals surface area contributed by atoms with Crippen molar-refractivity contribution in [2.45, 2.75) is 36.6 Å². The van der Waals surface area contributed by atoms with Gasteiger partial charge in [0.2, 0.25) is 0 Å². The predicted octanol–water partition coefficient (Wildman–Crippen LogP) is 2.73. The maximum atomic E-state index is 12.6. The molecule has 1 saturated carbocycles. The molecule has 0 bridgehead atoms. The summed E-state index contributed by atoms with van der Waals surface area (Å²) in [5.74, 6) is 0.0866. The Kier molecular flexibility index (Phi) is 6.13. The first-order valence-corrected chi connectivity index (χ1v) is 10.7. The van der Waals surface area contributed by atoms with Gasteiger partial charge in [-0.25, -0.2) is 8.42 Å². The van der Waals surface area contributed by atoms with Crippen LogP contribution in [0.1, 0.15) is 36.0 Å². The molecule has 6 nitrogen and oxygen atoms in total. The number of hydrogen-bond donors (Lipinski definition) is 3. The zero-order valence-corrected chi connectivity index (χ0v) is 15.9. The summed E-state index contributed by atoms with van der Waals surface area (Å²) in [5, 5.41) is 3.06. The quantitative estimate of drug-likeness (QED) is 0.709. The molecule has 0 saturated heterocycles. The Morgan fingerprint density at radius 3 is 2.52 bits per heavy atom. The number of nitrogens with two attached hydrogens (primary N) is 1. The van der Waals surface area contributed by atoms with E-state index in [4.69, 9.17) is 5.73 Å². The SMILES string of the molecule is NCC1CCCCC1NC(=O)c1cccc(NS(=O)(=O)c2ccccc2)c1. The van der Waals surface area contributed by atoms with Gasteiger partial charge in [-0.3, -0.25) is 9.52 Å². The number of carbonyl (C=O) groups excluding carboxylic acids is 1. The Labute approximate surface area is 160 Å². The van der Waals surface area contributed by atoms with Gasteiger partial charge in [0, 0.05) is 17.3 Å². The summed E-state index contributed by atoms with van der Waals surface area (Å²) in [5.41, 5.74) is 6.60. The van der Waals surface area contributed by atoms with E-state index in [0.717, 1.165) is 25.7 Å². The van der Waals surface area contributed by atoms with Crippen molar-refractivity contribution >= 4 is 21.6 Å². The fourth-order valence-corrected chi connectivity index (χ4v) is 4.54. The highest BCUT2D eigenvalue weighted by Crippen LogP contribution is 2.24. The minimum absolute atomic E-state index is 0.0703. The molecule has 1 amide bonds. The van der Waals surface area contributed by atoms with Crippen molar-refractivity contribution in [2.75, 3.05) is 11.3 Å². The second-order valence-electron chi connectivity index (χ2n) is 6.86. The molecule has 0 radical (unpaired) electrons. The summed E-state index contributed by atoms with van der Waals surface area (Å²) in [7, 11) is -3.69. The lowest BCUT2D eigenvalue weighted by atomic mass is 9.84. The first-order valence-electron chi connectivity index (χ1n) is 9.18. The number of nitrogens with one attached hydrogen (secondary N) is 2. The summed E-state index contributed by atoms with van der Waals surface area (Å²) in [6, 6.07) is 14.7. The number of rotatable bonds is 6. The maximum Gasteiger partial charge on any atom is 0.261 e. The molecular weight excluding hydrogens is 362 g/mol. The summed E-state index contributed by atoms with van der Waals surface area (Å²) >= 11 is 0. The lowest BCUT2D eigenvalue weighted by Crippen LogP contribution is -2.44. The van der Waals surface area contributed by atoms with Crippen LogP contribution in [0.2, 0.25) is 0 Å². The number of anilines is 1. The van der Waals surface area contributed by atoms with Crippen molar-refractivity contribution in [3.63, 3.8) is 0 Å². The van der Waals surface area contributed by atoms with E-state index in [1.807, 2.05) is 0 Å². The molecule has 0 heterocycles. The minimum Gasteiger partial charge on any atom is -0.349 e. The molecule has 2 aromatic carbocycles. The zero-order valence-electron chi connectivity index (χ0n) is 15.1. The number of hydrogen-bond acceptors (Lipinski definition) is 4. The van der Waals surface area contributed by atoms with Crippen LogP contribution in [0.25, 0.3) is 0 Å².